The first-order chi connectivity index (χ1) is 15.0. The Labute approximate surface area is 193 Å². The van der Waals surface area contributed by atoms with Crippen LogP contribution in [0.3, 0.4) is 0 Å². The van der Waals surface area contributed by atoms with Crippen molar-refractivity contribution in [2.45, 2.75) is 48.5 Å². The van der Waals surface area contributed by atoms with Gasteiger partial charge in [0.25, 0.3) is 0 Å². The molecular formula is C26H39NO5. The van der Waals surface area contributed by atoms with E-state index in [4.69, 9.17) is 14.2 Å². The van der Waals surface area contributed by atoms with E-state index in [0.29, 0.717) is 23.3 Å². The van der Waals surface area contributed by atoms with E-state index >= 15 is 0 Å². The van der Waals surface area contributed by atoms with Gasteiger partial charge >= 0.3 is 12.1 Å². The number of carbonyl (C=O) groups excluding carboxylic acids is 2. The average Bonchev–Trinajstić information content (AvgIpc) is 2.71. The number of amides is 1. The van der Waals surface area contributed by atoms with Gasteiger partial charge in [-0.15, -0.1) is 0 Å². The normalized spacial score (nSPS) is 10.8. The Kier molecular flexibility index (Phi) is 11.6. The van der Waals surface area contributed by atoms with E-state index in [-0.39, 0.29) is 26.4 Å². The van der Waals surface area contributed by atoms with Crippen LogP contribution in [0.25, 0.3) is 5.57 Å². The van der Waals surface area contributed by atoms with Crippen LogP contribution in [0.2, 0.25) is 0 Å². The summed E-state index contributed by atoms with van der Waals surface area (Å²) >= 11 is 0. The lowest BCUT2D eigenvalue weighted by Crippen LogP contribution is -2.29. The molecule has 0 aliphatic heterocycles. The summed E-state index contributed by atoms with van der Waals surface area (Å²) in [6.45, 7) is 19.1. The molecular weight excluding hydrogens is 406 g/mol. The van der Waals surface area contributed by atoms with Gasteiger partial charge in [-0.1, -0.05) is 65.8 Å². The van der Waals surface area contributed by atoms with Crippen LogP contribution >= 0.6 is 0 Å². The summed E-state index contributed by atoms with van der Waals surface area (Å²) in [5, 5.41) is 2.51. The summed E-state index contributed by atoms with van der Waals surface area (Å²) in [7, 11) is 0. The first kappa shape index (κ1) is 27.3. The summed E-state index contributed by atoms with van der Waals surface area (Å²) < 4.78 is 15.6. The van der Waals surface area contributed by atoms with Crippen LogP contribution in [0.5, 0.6) is 5.75 Å². The molecule has 0 aliphatic rings. The number of hydrogen-bond acceptors (Lipinski definition) is 5. The lowest BCUT2D eigenvalue weighted by molar-refractivity contribution is -0.138. The Bertz CT molecular complexity index is 781. The minimum atomic E-state index is -0.586. The molecule has 0 fully saturated rings. The Hall–Kier alpha value is -2.76. The van der Waals surface area contributed by atoms with E-state index in [1.807, 2.05) is 12.1 Å². The standard InChI is InChI=1S/C26H39NO5/c1-17(2)23(18(3)4)24(19(5)6)21-9-11-22(12-10-21)30-15-16-32-26(29)27-13-14-31-25(28)20(7)8/h9-12,17-19H,7,13-16H2,1-6,8H3,(H,27,29). The van der Waals surface area contributed by atoms with Crippen molar-refractivity contribution in [1.82, 2.24) is 5.32 Å². The first-order valence-electron chi connectivity index (χ1n) is 11.2. The molecule has 1 N–H and O–H groups in total. The number of alkyl carbamates (subject to hydrolysis) is 1. The fraction of sp³-hybridized carbons (Fsp3) is 0.538. The molecule has 1 amide bonds. The fourth-order valence-electron chi connectivity index (χ4n) is 3.62. The monoisotopic (exact) mass is 445 g/mol. The molecule has 6 nitrogen and oxygen atoms in total. The summed E-state index contributed by atoms with van der Waals surface area (Å²) in [6, 6.07) is 8.09. The van der Waals surface area contributed by atoms with Crippen molar-refractivity contribution in [3.8, 4) is 5.75 Å². The third kappa shape index (κ3) is 9.16. The first-order valence-corrected chi connectivity index (χ1v) is 11.2. The predicted molar refractivity (Wildman–Crippen MR) is 128 cm³/mol. The maximum atomic E-state index is 11.6. The fourth-order valence-corrected chi connectivity index (χ4v) is 3.62. The van der Waals surface area contributed by atoms with Gasteiger partial charge in [0.2, 0.25) is 0 Å². The Morgan fingerprint density at radius 3 is 1.97 bits per heavy atom. The van der Waals surface area contributed by atoms with E-state index < -0.39 is 12.1 Å². The van der Waals surface area contributed by atoms with E-state index in [1.165, 1.54) is 16.7 Å². The molecule has 178 valence electrons. The molecule has 0 unspecified atom stereocenters. The lowest BCUT2D eigenvalue weighted by atomic mass is 9.81. The van der Waals surface area contributed by atoms with Gasteiger partial charge in [-0.25, -0.2) is 9.59 Å². The molecule has 0 atom stereocenters. The molecule has 0 spiro atoms. The lowest BCUT2D eigenvalue weighted by Gasteiger charge is -2.25. The van der Waals surface area contributed by atoms with Crippen LogP contribution < -0.4 is 10.1 Å². The van der Waals surface area contributed by atoms with Crippen LogP contribution in [-0.2, 0) is 14.3 Å². The predicted octanol–water partition coefficient (Wildman–Crippen LogP) is 5.63. The second-order valence-electron chi connectivity index (χ2n) is 8.68. The highest BCUT2D eigenvalue weighted by molar-refractivity contribution is 5.86. The van der Waals surface area contributed by atoms with Gasteiger partial charge in [-0.05, 0) is 47.9 Å². The molecule has 0 bridgehead atoms. The zero-order valence-electron chi connectivity index (χ0n) is 20.6. The van der Waals surface area contributed by atoms with Gasteiger partial charge < -0.3 is 19.5 Å². The van der Waals surface area contributed by atoms with Gasteiger partial charge in [0.05, 0.1) is 6.54 Å². The Morgan fingerprint density at radius 1 is 0.875 bits per heavy atom. The highest BCUT2D eigenvalue weighted by Gasteiger charge is 2.18. The topological polar surface area (TPSA) is 73.9 Å². The van der Waals surface area contributed by atoms with Crippen molar-refractivity contribution in [2.24, 2.45) is 17.8 Å². The van der Waals surface area contributed by atoms with Crippen molar-refractivity contribution in [3.05, 3.63) is 47.6 Å². The summed E-state index contributed by atoms with van der Waals surface area (Å²) in [4.78, 5) is 22.9. The van der Waals surface area contributed by atoms with Crippen LogP contribution in [0.15, 0.2) is 42.0 Å². The number of allylic oxidation sites excluding steroid dienone is 2. The Balaban J connectivity index is 2.51. The average molecular weight is 446 g/mol. The minimum Gasteiger partial charge on any atom is -0.490 e. The maximum absolute atomic E-state index is 11.6. The third-order valence-corrected chi connectivity index (χ3v) is 4.84. The van der Waals surface area contributed by atoms with Crippen molar-refractivity contribution in [1.29, 1.82) is 0 Å². The zero-order valence-corrected chi connectivity index (χ0v) is 20.6. The molecule has 1 rings (SSSR count). The van der Waals surface area contributed by atoms with E-state index in [2.05, 4.69) is 65.6 Å². The summed E-state index contributed by atoms with van der Waals surface area (Å²) in [6.07, 6.45) is -0.586. The van der Waals surface area contributed by atoms with Crippen LogP contribution in [-0.4, -0.2) is 38.4 Å². The largest absolute Gasteiger partial charge is 0.490 e. The number of carbonyl (C=O) groups is 2. The van der Waals surface area contributed by atoms with Gasteiger partial charge in [0, 0.05) is 5.57 Å². The molecule has 0 saturated carbocycles. The zero-order chi connectivity index (χ0) is 24.3. The third-order valence-electron chi connectivity index (χ3n) is 4.84. The minimum absolute atomic E-state index is 0.0613. The van der Waals surface area contributed by atoms with Crippen LogP contribution in [0.1, 0.15) is 54.0 Å². The highest BCUT2D eigenvalue weighted by Crippen LogP contribution is 2.35. The van der Waals surface area contributed by atoms with E-state index in [1.54, 1.807) is 6.92 Å². The second-order valence-corrected chi connectivity index (χ2v) is 8.68. The molecule has 1 aromatic rings. The Morgan fingerprint density at radius 2 is 1.47 bits per heavy atom. The van der Waals surface area contributed by atoms with Crippen LogP contribution in [0.4, 0.5) is 4.79 Å². The smallest absolute Gasteiger partial charge is 0.407 e. The van der Waals surface area contributed by atoms with Crippen molar-refractivity contribution in [2.75, 3.05) is 26.4 Å². The molecule has 0 aromatic heterocycles. The van der Waals surface area contributed by atoms with Crippen molar-refractivity contribution in [3.63, 3.8) is 0 Å². The molecule has 0 radical (unpaired) electrons. The molecule has 1 aromatic carbocycles. The van der Waals surface area contributed by atoms with Gasteiger partial charge in [-0.3, -0.25) is 0 Å². The molecule has 0 saturated heterocycles. The quantitative estimate of drug-likeness (QED) is 0.256. The number of hydrogen-bond donors (Lipinski definition) is 1. The number of nitrogens with one attached hydrogen (secondary N) is 1. The van der Waals surface area contributed by atoms with Gasteiger partial charge in [0.15, 0.2) is 0 Å². The van der Waals surface area contributed by atoms with E-state index in [0.717, 1.165) is 5.75 Å². The maximum Gasteiger partial charge on any atom is 0.407 e. The molecule has 6 heteroatoms. The number of esters is 1. The van der Waals surface area contributed by atoms with Gasteiger partial charge in [-0.2, -0.15) is 0 Å². The SMILES string of the molecule is C=C(C)C(=O)OCCNC(=O)OCCOc1ccc(C(=C(C(C)C)C(C)C)C(C)C)cc1. The van der Waals surface area contributed by atoms with Crippen LogP contribution in [0, 0.1) is 17.8 Å². The molecule has 0 aliphatic carbocycles. The molecule has 32 heavy (non-hydrogen) atoms. The molecule has 0 heterocycles. The van der Waals surface area contributed by atoms with Gasteiger partial charge in [0.1, 0.15) is 25.6 Å². The highest BCUT2D eigenvalue weighted by atomic mass is 16.6. The summed E-state index contributed by atoms with van der Waals surface area (Å²) in [5.41, 5.74) is 4.42. The van der Waals surface area contributed by atoms with Crippen molar-refractivity contribution < 1.29 is 23.8 Å². The second kappa shape index (κ2) is 13.6. The summed E-state index contributed by atoms with van der Waals surface area (Å²) in [5.74, 6) is 1.65. The van der Waals surface area contributed by atoms with Crippen molar-refractivity contribution >= 4 is 17.6 Å². The number of benzene rings is 1. The number of rotatable bonds is 12. The number of ether oxygens (including phenoxy) is 3. The van der Waals surface area contributed by atoms with E-state index in [9.17, 15) is 9.59 Å².